The summed E-state index contributed by atoms with van der Waals surface area (Å²) in [6.45, 7) is 3.80. The fraction of sp³-hybridized carbons (Fsp3) is 0.429. The number of hydrogen-bond donors (Lipinski definition) is 1. The summed E-state index contributed by atoms with van der Waals surface area (Å²) in [7, 11) is -3.23. The summed E-state index contributed by atoms with van der Waals surface area (Å²) in [4.78, 5) is 2.35. The van der Waals surface area contributed by atoms with Crippen molar-refractivity contribution in [2.24, 2.45) is 0 Å². The highest BCUT2D eigenvalue weighted by atomic mass is 32.2. The fourth-order valence-corrected chi connectivity index (χ4v) is 4.38. The van der Waals surface area contributed by atoms with Gasteiger partial charge in [-0.3, -0.25) is 4.90 Å². The number of hydrogen-bond acceptors (Lipinski definition) is 4. The summed E-state index contributed by atoms with van der Waals surface area (Å²) < 4.78 is 32.9. The molecule has 0 aliphatic carbocycles. The SMILES string of the molecule is O=S(=O)(CCc1ccccc1)NCCCN1CCOC(c2ccccc2)C1. The molecular formula is C21H28N2O3S. The summed E-state index contributed by atoms with van der Waals surface area (Å²) in [5.41, 5.74) is 2.24. The standard InChI is InChI=1S/C21H28N2O3S/c24-27(25,17-12-19-8-3-1-4-9-19)22-13-7-14-23-15-16-26-21(18-23)20-10-5-2-6-11-20/h1-6,8-11,21-22H,7,12-18H2. The molecule has 1 fully saturated rings. The van der Waals surface area contributed by atoms with Gasteiger partial charge in [0.2, 0.25) is 10.0 Å². The average Bonchev–Trinajstić information content (AvgIpc) is 2.72. The Balaban J connectivity index is 1.36. The van der Waals surface area contributed by atoms with Gasteiger partial charge in [-0.15, -0.1) is 0 Å². The lowest BCUT2D eigenvalue weighted by atomic mass is 10.1. The maximum atomic E-state index is 12.1. The zero-order valence-corrected chi connectivity index (χ0v) is 16.4. The molecule has 5 nitrogen and oxygen atoms in total. The van der Waals surface area contributed by atoms with Gasteiger partial charge in [-0.2, -0.15) is 0 Å². The molecule has 6 heteroatoms. The van der Waals surface area contributed by atoms with Gasteiger partial charge in [0.25, 0.3) is 0 Å². The number of ether oxygens (including phenoxy) is 1. The van der Waals surface area contributed by atoms with Crippen LogP contribution in [0.2, 0.25) is 0 Å². The van der Waals surface area contributed by atoms with Gasteiger partial charge >= 0.3 is 0 Å². The minimum Gasteiger partial charge on any atom is -0.371 e. The van der Waals surface area contributed by atoms with Crippen LogP contribution >= 0.6 is 0 Å². The van der Waals surface area contributed by atoms with E-state index in [9.17, 15) is 8.42 Å². The molecule has 1 unspecified atom stereocenters. The molecule has 1 aliphatic heterocycles. The molecule has 1 atom stereocenters. The van der Waals surface area contributed by atoms with Crippen LogP contribution in [0.15, 0.2) is 60.7 Å². The second-order valence-corrected chi connectivity index (χ2v) is 8.80. The van der Waals surface area contributed by atoms with Gasteiger partial charge in [0.15, 0.2) is 0 Å². The molecule has 2 aromatic rings. The van der Waals surface area contributed by atoms with Crippen molar-refractivity contribution in [2.45, 2.75) is 18.9 Å². The number of nitrogens with one attached hydrogen (secondary N) is 1. The monoisotopic (exact) mass is 388 g/mol. The molecule has 0 amide bonds. The van der Waals surface area contributed by atoms with Crippen molar-refractivity contribution in [1.29, 1.82) is 0 Å². The molecule has 0 aromatic heterocycles. The van der Waals surface area contributed by atoms with E-state index in [1.54, 1.807) is 0 Å². The van der Waals surface area contributed by atoms with E-state index < -0.39 is 10.0 Å². The van der Waals surface area contributed by atoms with Crippen LogP contribution in [0, 0.1) is 0 Å². The van der Waals surface area contributed by atoms with Crippen molar-refractivity contribution < 1.29 is 13.2 Å². The summed E-state index contributed by atoms with van der Waals surface area (Å²) in [5.74, 6) is 0.130. The van der Waals surface area contributed by atoms with Crippen molar-refractivity contribution in [2.75, 3.05) is 38.5 Å². The predicted octanol–water partition coefficient (Wildman–Crippen LogP) is 2.61. The zero-order valence-electron chi connectivity index (χ0n) is 15.6. The second-order valence-electron chi connectivity index (χ2n) is 6.87. The second kappa shape index (κ2) is 9.99. The highest BCUT2D eigenvalue weighted by Gasteiger charge is 2.21. The molecule has 0 spiro atoms. The molecule has 27 heavy (non-hydrogen) atoms. The molecule has 1 N–H and O–H groups in total. The molecule has 0 radical (unpaired) electrons. The van der Waals surface area contributed by atoms with E-state index in [4.69, 9.17) is 4.74 Å². The van der Waals surface area contributed by atoms with Gasteiger partial charge < -0.3 is 4.74 Å². The number of benzene rings is 2. The molecule has 3 rings (SSSR count). The topological polar surface area (TPSA) is 58.6 Å². The van der Waals surface area contributed by atoms with Gasteiger partial charge in [0.1, 0.15) is 0 Å². The lowest BCUT2D eigenvalue weighted by Crippen LogP contribution is -2.40. The van der Waals surface area contributed by atoms with E-state index in [1.165, 1.54) is 5.56 Å². The third kappa shape index (κ3) is 6.74. The van der Waals surface area contributed by atoms with Crippen molar-refractivity contribution in [3.63, 3.8) is 0 Å². The van der Waals surface area contributed by atoms with E-state index in [2.05, 4.69) is 21.8 Å². The van der Waals surface area contributed by atoms with Crippen molar-refractivity contribution in [1.82, 2.24) is 9.62 Å². The van der Waals surface area contributed by atoms with Crippen molar-refractivity contribution in [3.05, 3.63) is 71.8 Å². The largest absolute Gasteiger partial charge is 0.371 e. The summed E-state index contributed by atoms with van der Waals surface area (Å²) in [6.07, 6.45) is 1.44. The third-order valence-corrected chi connectivity index (χ3v) is 6.18. The highest BCUT2D eigenvalue weighted by Crippen LogP contribution is 2.21. The van der Waals surface area contributed by atoms with E-state index >= 15 is 0 Å². The number of morpholine rings is 1. The molecule has 0 bridgehead atoms. The lowest BCUT2D eigenvalue weighted by molar-refractivity contribution is -0.0300. The lowest BCUT2D eigenvalue weighted by Gasteiger charge is -2.33. The van der Waals surface area contributed by atoms with Crippen LogP contribution in [0.5, 0.6) is 0 Å². The van der Waals surface area contributed by atoms with E-state index in [0.717, 1.165) is 31.6 Å². The molecule has 0 saturated carbocycles. The molecular weight excluding hydrogens is 360 g/mol. The Morgan fingerprint density at radius 3 is 2.48 bits per heavy atom. The number of rotatable bonds is 9. The molecule has 1 saturated heterocycles. The summed E-state index contributed by atoms with van der Waals surface area (Å²) in [5, 5.41) is 0. The Morgan fingerprint density at radius 1 is 1.04 bits per heavy atom. The average molecular weight is 389 g/mol. The fourth-order valence-electron chi connectivity index (χ4n) is 3.27. The maximum Gasteiger partial charge on any atom is 0.211 e. The maximum absolute atomic E-state index is 12.1. The van der Waals surface area contributed by atoms with E-state index in [-0.39, 0.29) is 11.9 Å². The van der Waals surface area contributed by atoms with E-state index in [1.807, 2.05) is 48.5 Å². The van der Waals surface area contributed by atoms with Gasteiger partial charge in [-0.05, 0) is 30.5 Å². The van der Waals surface area contributed by atoms with Crippen LogP contribution in [0.1, 0.15) is 23.7 Å². The van der Waals surface area contributed by atoms with Crippen LogP contribution in [0.25, 0.3) is 0 Å². The molecule has 1 aliphatic rings. The van der Waals surface area contributed by atoms with Gasteiger partial charge in [-0.25, -0.2) is 13.1 Å². The predicted molar refractivity (Wildman–Crippen MR) is 108 cm³/mol. The summed E-state index contributed by atoms with van der Waals surface area (Å²) in [6, 6.07) is 20.0. The minimum absolute atomic E-state index is 0.0996. The Kier molecular flexibility index (Phi) is 7.41. The first-order valence-electron chi connectivity index (χ1n) is 9.52. The first-order chi connectivity index (χ1) is 13.1. The quantitative estimate of drug-likeness (QED) is 0.671. The first kappa shape index (κ1) is 20.0. The Bertz CT molecular complexity index is 782. The van der Waals surface area contributed by atoms with Crippen LogP contribution in [-0.2, 0) is 21.2 Å². The summed E-state index contributed by atoms with van der Waals surface area (Å²) >= 11 is 0. The molecule has 1 heterocycles. The van der Waals surface area contributed by atoms with Gasteiger partial charge in [0.05, 0.1) is 18.5 Å². The van der Waals surface area contributed by atoms with Gasteiger partial charge in [0, 0.05) is 19.6 Å². The van der Waals surface area contributed by atoms with Crippen molar-refractivity contribution in [3.8, 4) is 0 Å². The van der Waals surface area contributed by atoms with Gasteiger partial charge in [-0.1, -0.05) is 60.7 Å². The number of nitrogens with zero attached hydrogens (tertiary/aromatic N) is 1. The van der Waals surface area contributed by atoms with Crippen molar-refractivity contribution >= 4 is 10.0 Å². The number of sulfonamides is 1. The first-order valence-corrected chi connectivity index (χ1v) is 11.2. The normalized spacial score (nSPS) is 18.4. The van der Waals surface area contributed by atoms with Crippen LogP contribution in [0.3, 0.4) is 0 Å². The minimum atomic E-state index is -3.23. The smallest absolute Gasteiger partial charge is 0.211 e. The Hall–Kier alpha value is -1.73. The Labute approximate surface area is 162 Å². The zero-order chi connectivity index (χ0) is 19.0. The van der Waals surface area contributed by atoms with Crippen LogP contribution in [0.4, 0.5) is 0 Å². The molecule has 2 aromatic carbocycles. The highest BCUT2D eigenvalue weighted by molar-refractivity contribution is 7.89. The van der Waals surface area contributed by atoms with Crippen LogP contribution in [-0.4, -0.2) is 51.9 Å². The Morgan fingerprint density at radius 2 is 1.74 bits per heavy atom. The molecule has 146 valence electrons. The van der Waals surface area contributed by atoms with E-state index in [0.29, 0.717) is 19.6 Å². The number of aryl methyl sites for hydroxylation is 1. The van der Waals surface area contributed by atoms with Crippen LogP contribution < -0.4 is 4.72 Å². The third-order valence-electron chi connectivity index (χ3n) is 4.80.